The molecule has 0 saturated heterocycles. The predicted molar refractivity (Wildman–Crippen MR) is 52.0 cm³/mol. The summed E-state index contributed by atoms with van der Waals surface area (Å²) in [7, 11) is 0. The molecule has 0 aliphatic carbocycles. The van der Waals surface area contributed by atoms with Crippen LogP contribution in [0.25, 0.3) is 0 Å². The van der Waals surface area contributed by atoms with Gasteiger partial charge in [-0.15, -0.1) is 0 Å². The van der Waals surface area contributed by atoms with Crippen LogP contribution in [0, 0.1) is 17.7 Å². The third-order valence-electron chi connectivity index (χ3n) is 1.42. The minimum atomic E-state index is -0.425. The number of halogens is 2. The molecule has 0 unspecified atom stereocenters. The topological polar surface area (TPSA) is 26.0 Å². The van der Waals surface area contributed by atoms with E-state index in [2.05, 4.69) is 11.8 Å². The van der Waals surface area contributed by atoms with Crippen molar-refractivity contribution in [3.8, 4) is 11.8 Å². The molecule has 13 heavy (non-hydrogen) atoms. The van der Waals surface area contributed by atoms with Crippen molar-refractivity contribution >= 4 is 11.6 Å². The molecule has 0 heterocycles. The van der Waals surface area contributed by atoms with Crippen molar-refractivity contribution in [3.63, 3.8) is 0 Å². The molecule has 0 saturated carbocycles. The summed E-state index contributed by atoms with van der Waals surface area (Å²) in [4.78, 5) is 0. The highest BCUT2D eigenvalue weighted by Gasteiger charge is 1.97. The second-order valence-electron chi connectivity index (χ2n) is 2.47. The summed E-state index contributed by atoms with van der Waals surface area (Å²) < 4.78 is 12.7. The van der Waals surface area contributed by atoms with Gasteiger partial charge in [-0.2, -0.15) is 0 Å². The highest BCUT2D eigenvalue weighted by atomic mass is 35.5. The van der Waals surface area contributed by atoms with Crippen molar-refractivity contribution in [2.75, 3.05) is 6.54 Å². The standard InChI is InChI=1S/C10H9ClFN/c11-9-7-8(3-1-2-6-13)4-5-10(9)12/h4-5,7H,2,6,13H2. The average Bonchev–Trinajstić information content (AvgIpc) is 2.12. The fourth-order valence-electron chi connectivity index (χ4n) is 0.811. The Morgan fingerprint density at radius 3 is 2.85 bits per heavy atom. The molecule has 1 aromatic carbocycles. The van der Waals surface area contributed by atoms with Crippen molar-refractivity contribution in [3.05, 3.63) is 34.6 Å². The van der Waals surface area contributed by atoms with Crippen molar-refractivity contribution in [2.45, 2.75) is 6.42 Å². The molecule has 0 radical (unpaired) electrons. The monoisotopic (exact) mass is 197 g/mol. The zero-order valence-corrected chi connectivity index (χ0v) is 7.74. The smallest absolute Gasteiger partial charge is 0.141 e. The van der Waals surface area contributed by atoms with Gasteiger partial charge in [0, 0.05) is 18.5 Å². The molecule has 1 rings (SSSR count). The predicted octanol–water partition coefficient (Wildman–Crippen LogP) is 2.18. The van der Waals surface area contributed by atoms with Crippen molar-refractivity contribution < 1.29 is 4.39 Å². The summed E-state index contributed by atoms with van der Waals surface area (Å²) in [5, 5.41) is 0.0968. The molecular formula is C10H9ClFN. The van der Waals surface area contributed by atoms with Gasteiger partial charge in [0.15, 0.2) is 0 Å². The Balaban J connectivity index is 2.81. The van der Waals surface area contributed by atoms with Gasteiger partial charge in [-0.1, -0.05) is 23.4 Å². The van der Waals surface area contributed by atoms with Gasteiger partial charge >= 0.3 is 0 Å². The molecule has 1 aromatic rings. The zero-order chi connectivity index (χ0) is 9.68. The first-order valence-corrected chi connectivity index (χ1v) is 4.26. The van der Waals surface area contributed by atoms with Crippen LogP contribution in [0.15, 0.2) is 18.2 Å². The molecule has 0 aliphatic heterocycles. The first-order chi connectivity index (χ1) is 6.24. The van der Waals surface area contributed by atoms with Crippen LogP contribution in [0.4, 0.5) is 4.39 Å². The van der Waals surface area contributed by atoms with Crippen LogP contribution >= 0.6 is 11.6 Å². The van der Waals surface area contributed by atoms with E-state index in [4.69, 9.17) is 17.3 Å². The fraction of sp³-hybridized carbons (Fsp3) is 0.200. The maximum Gasteiger partial charge on any atom is 0.141 e. The normalized spacial score (nSPS) is 9.15. The quantitative estimate of drug-likeness (QED) is 0.687. The van der Waals surface area contributed by atoms with Crippen LogP contribution in [0.5, 0.6) is 0 Å². The van der Waals surface area contributed by atoms with E-state index in [0.29, 0.717) is 18.5 Å². The molecule has 0 bridgehead atoms. The molecule has 0 spiro atoms. The van der Waals surface area contributed by atoms with E-state index in [0.717, 1.165) is 0 Å². The first kappa shape index (κ1) is 10.0. The fourth-order valence-corrected chi connectivity index (χ4v) is 0.991. The van der Waals surface area contributed by atoms with Gasteiger partial charge < -0.3 is 5.73 Å². The lowest BCUT2D eigenvalue weighted by molar-refractivity contribution is 0.628. The van der Waals surface area contributed by atoms with Gasteiger partial charge in [0.05, 0.1) is 5.02 Å². The van der Waals surface area contributed by atoms with E-state index in [1.165, 1.54) is 12.1 Å². The molecule has 0 aliphatic rings. The van der Waals surface area contributed by atoms with Gasteiger partial charge in [0.25, 0.3) is 0 Å². The SMILES string of the molecule is NCCC#Cc1ccc(F)c(Cl)c1. The summed E-state index contributed by atoms with van der Waals surface area (Å²) in [6.45, 7) is 0.530. The van der Waals surface area contributed by atoms with E-state index in [1.54, 1.807) is 6.07 Å². The Bertz CT molecular complexity index is 352. The number of rotatable bonds is 1. The Kier molecular flexibility index (Phi) is 3.75. The highest BCUT2D eigenvalue weighted by molar-refractivity contribution is 6.30. The van der Waals surface area contributed by atoms with Crippen LogP contribution in [-0.4, -0.2) is 6.54 Å². The van der Waals surface area contributed by atoms with E-state index in [9.17, 15) is 4.39 Å². The molecule has 0 atom stereocenters. The van der Waals surface area contributed by atoms with Gasteiger partial charge in [0.2, 0.25) is 0 Å². The van der Waals surface area contributed by atoms with Crippen molar-refractivity contribution in [2.24, 2.45) is 5.73 Å². The molecule has 0 amide bonds. The third kappa shape index (κ3) is 3.06. The molecule has 0 aromatic heterocycles. The van der Waals surface area contributed by atoms with E-state index in [-0.39, 0.29) is 5.02 Å². The minimum absolute atomic E-state index is 0.0968. The lowest BCUT2D eigenvalue weighted by Gasteiger charge is -1.93. The molecule has 68 valence electrons. The highest BCUT2D eigenvalue weighted by Crippen LogP contribution is 2.15. The Morgan fingerprint density at radius 1 is 1.46 bits per heavy atom. The maximum atomic E-state index is 12.7. The van der Waals surface area contributed by atoms with Crippen LogP contribution in [0.3, 0.4) is 0 Å². The molecule has 3 heteroatoms. The summed E-state index contributed by atoms with van der Waals surface area (Å²) in [5.41, 5.74) is 5.97. The average molecular weight is 198 g/mol. The van der Waals surface area contributed by atoms with Crippen LogP contribution < -0.4 is 5.73 Å². The molecule has 1 nitrogen and oxygen atoms in total. The van der Waals surface area contributed by atoms with Gasteiger partial charge in [0.1, 0.15) is 5.82 Å². The molecule has 0 fully saturated rings. The summed E-state index contributed by atoms with van der Waals surface area (Å²) in [6, 6.07) is 4.39. The van der Waals surface area contributed by atoms with Gasteiger partial charge in [-0.05, 0) is 18.2 Å². The second-order valence-corrected chi connectivity index (χ2v) is 2.88. The van der Waals surface area contributed by atoms with E-state index < -0.39 is 5.82 Å². The van der Waals surface area contributed by atoms with Crippen molar-refractivity contribution in [1.82, 2.24) is 0 Å². The molecule has 2 N–H and O–H groups in total. The lowest BCUT2D eigenvalue weighted by Crippen LogP contribution is -1.95. The number of nitrogens with two attached hydrogens (primary N) is 1. The number of hydrogen-bond acceptors (Lipinski definition) is 1. The van der Waals surface area contributed by atoms with Gasteiger partial charge in [-0.3, -0.25) is 0 Å². The lowest BCUT2D eigenvalue weighted by atomic mass is 10.2. The summed E-state index contributed by atoms with van der Waals surface area (Å²) in [5.74, 6) is 5.25. The number of hydrogen-bond donors (Lipinski definition) is 1. The largest absolute Gasteiger partial charge is 0.330 e. The Morgan fingerprint density at radius 2 is 2.23 bits per heavy atom. The minimum Gasteiger partial charge on any atom is -0.330 e. The molecular weight excluding hydrogens is 189 g/mol. The van der Waals surface area contributed by atoms with Crippen molar-refractivity contribution in [1.29, 1.82) is 0 Å². The Hall–Kier alpha value is -1.04. The second kappa shape index (κ2) is 4.86. The first-order valence-electron chi connectivity index (χ1n) is 3.88. The van der Waals surface area contributed by atoms with E-state index in [1.807, 2.05) is 0 Å². The zero-order valence-electron chi connectivity index (χ0n) is 6.98. The van der Waals surface area contributed by atoms with E-state index >= 15 is 0 Å². The number of benzene rings is 1. The van der Waals surface area contributed by atoms with Crippen LogP contribution in [0.1, 0.15) is 12.0 Å². The van der Waals surface area contributed by atoms with Gasteiger partial charge in [-0.25, -0.2) is 4.39 Å². The third-order valence-corrected chi connectivity index (χ3v) is 1.71. The van der Waals surface area contributed by atoms with Crippen LogP contribution in [-0.2, 0) is 0 Å². The van der Waals surface area contributed by atoms with Crippen LogP contribution in [0.2, 0.25) is 5.02 Å². The maximum absolute atomic E-state index is 12.7. The summed E-state index contributed by atoms with van der Waals surface area (Å²) in [6.07, 6.45) is 0.634. The summed E-state index contributed by atoms with van der Waals surface area (Å²) >= 11 is 5.56. The Labute approximate surface area is 81.7 Å².